The molecule has 0 spiro atoms. The molecule has 0 unspecified atom stereocenters. The third-order valence-corrected chi connectivity index (χ3v) is 3.11. The fraction of sp³-hybridized carbons (Fsp3) is 0.214. The van der Waals surface area contributed by atoms with Gasteiger partial charge in [-0.15, -0.1) is 0 Å². The Morgan fingerprint density at radius 2 is 2.20 bits per heavy atom. The standard InChI is InChI=1S/C14H16ClN3O2/c1-18(8-10-3-2-4-11(15)7-10)9-13-12(5-6-20-13)14(19)17-16/h2-7H,8-9,16H2,1H3,(H,17,19). The highest BCUT2D eigenvalue weighted by Crippen LogP contribution is 2.16. The molecule has 0 aliphatic carbocycles. The predicted molar refractivity (Wildman–Crippen MR) is 77.0 cm³/mol. The summed E-state index contributed by atoms with van der Waals surface area (Å²) in [6.07, 6.45) is 1.48. The van der Waals surface area contributed by atoms with Crippen molar-refractivity contribution in [2.45, 2.75) is 13.1 Å². The molecule has 3 N–H and O–H groups in total. The molecule has 2 rings (SSSR count). The molecule has 1 heterocycles. The van der Waals surface area contributed by atoms with Crippen LogP contribution in [0.1, 0.15) is 21.7 Å². The molecule has 5 nitrogen and oxygen atoms in total. The Kier molecular flexibility index (Phi) is 4.79. The van der Waals surface area contributed by atoms with Crippen molar-refractivity contribution in [1.29, 1.82) is 0 Å². The molecule has 6 heteroatoms. The number of rotatable bonds is 5. The van der Waals surface area contributed by atoms with Gasteiger partial charge in [-0.25, -0.2) is 5.84 Å². The molecule has 1 aromatic heterocycles. The Bertz CT molecular complexity index is 598. The first-order chi connectivity index (χ1) is 9.60. The first-order valence-electron chi connectivity index (χ1n) is 6.10. The zero-order valence-electron chi connectivity index (χ0n) is 11.1. The average Bonchev–Trinajstić information content (AvgIpc) is 2.85. The summed E-state index contributed by atoms with van der Waals surface area (Å²) in [5.74, 6) is 5.36. The van der Waals surface area contributed by atoms with Crippen LogP contribution in [0.15, 0.2) is 41.0 Å². The molecule has 0 saturated heterocycles. The Labute approximate surface area is 122 Å². The summed E-state index contributed by atoms with van der Waals surface area (Å²) >= 11 is 5.95. The predicted octanol–water partition coefficient (Wildman–Crippen LogP) is 2.17. The highest BCUT2D eigenvalue weighted by Gasteiger charge is 2.15. The van der Waals surface area contributed by atoms with E-state index in [4.69, 9.17) is 21.9 Å². The van der Waals surface area contributed by atoms with Crippen LogP contribution < -0.4 is 11.3 Å². The van der Waals surface area contributed by atoms with Gasteiger partial charge in [0.15, 0.2) is 0 Å². The van der Waals surface area contributed by atoms with E-state index < -0.39 is 0 Å². The zero-order chi connectivity index (χ0) is 14.5. The molecule has 2 aromatic rings. The number of nitrogens with zero attached hydrogens (tertiary/aromatic N) is 1. The molecule has 0 radical (unpaired) electrons. The number of hydrogen-bond donors (Lipinski definition) is 2. The minimum atomic E-state index is -0.357. The number of nitrogens with two attached hydrogens (primary N) is 1. The van der Waals surface area contributed by atoms with E-state index in [-0.39, 0.29) is 5.91 Å². The lowest BCUT2D eigenvalue weighted by Gasteiger charge is -2.16. The van der Waals surface area contributed by atoms with Gasteiger partial charge in [0, 0.05) is 11.6 Å². The van der Waals surface area contributed by atoms with Gasteiger partial charge in [0.05, 0.1) is 18.4 Å². The molecule has 0 aliphatic rings. The van der Waals surface area contributed by atoms with Gasteiger partial charge in [-0.3, -0.25) is 15.1 Å². The lowest BCUT2D eigenvalue weighted by Crippen LogP contribution is -2.31. The third-order valence-electron chi connectivity index (χ3n) is 2.88. The third kappa shape index (κ3) is 3.60. The summed E-state index contributed by atoms with van der Waals surface area (Å²) in [7, 11) is 1.94. The van der Waals surface area contributed by atoms with Crippen molar-refractivity contribution in [3.8, 4) is 0 Å². The van der Waals surface area contributed by atoms with Crippen molar-refractivity contribution in [1.82, 2.24) is 10.3 Å². The molecule has 1 aromatic carbocycles. The maximum absolute atomic E-state index is 11.5. The smallest absolute Gasteiger partial charge is 0.268 e. The molecule has 1 amide bonds. The second kappa shape index (κ2) is 6.56. The van der Waals surface area contributed by atoms with E-state index in [9.17, 15) is 4.79 Å². The number of nitrogen functional groups attached to an aromatic ring is 1. The van der Waals surface area contributed by atoms with Crippen LogP contribution in [0.2, 0.25) is 5.02 Å². The minimum Gasteiger partial charge on any atom is -0.467 e. The summed E-state index contributed by atoms with van der Waals surface area (Å²) in [6.45, 7) is 1.20. The van der Waals surface area contributed by atoms with Crippen LogP contribution in [0.3, 0.4) is 0 Å². The summed E-state index contributed by atoms with van der Waals surface area (Å²) < 4.78 is 5.34. The van der Waals surface area contributed by atoms with E-state index in [0.717, 1.165) is 5.56 Å². The number of furan rings is 1. The van der Waals surface area contributed by atoms with Crippen molar-refractivity contribution in [3.05, 3.63) is 58.5 Å². The average molecular weight is 294 g/mol. The van der Waals surface area contributed by atoms with Crippen molar-refractivity contribution in [2.24, 2.45) is 5.84 Å². The number of carbonyl (C=O) groups excluding carboxylic acids is 1. The van der Waals surface area contributed by atoms with Gasteiger partial charge in [-0.1, -0.05) is 23.7 Å². The second-order valence-corrected chi connectivity index (χ2v) is 4.97. The van der Waals surface area contributed by atoms with Crippen molar-refractivity contribution < 1.29 is 9.21 Å². The summed E-state index contributed by atoms with van der Waals surface area (Å²) in [6, 6.07) is 9.25. The van der Waals surface area contributed by atoms with Crippen molar-refractivity contribution in [3.63, 3.8) is 0 Å². The number of halogens is 1. The first kappa shape index (κ1) is 14.6. The highest BCUT2D eigenvalue weighted by molar-refractivity contribution is 6.30. The molecule has 20 heavy (non-hydrogen) atoms. The van der Waals surface area contributed by atoms with Gasteiger partial charge in [0.1, 0.15) is 5.76 Å². The lowest BCUT2D eigenvalue weighted by molar-refractivity contribution is 0.0950. The van der Waals surface area contributed by atoms with Crippen LogP contribution in [0.4, 0.5) is 0 Å². The van der Waals surface area contributed by atoms with Crippen LogP contribution >= 0.6 is 11.6 Å². The monoisotopic (exact) mass is 293 g/mol. The minimum absolute atomic E-state index is 0.357. The largest absolute Gasteiger partial charge is 0.467 e. The summed E-state index contributed by atoms with van der Waals surface area (Å²) in [4.78, 5) is 13.6. The molecule has 0 aliphatic heterocycles. The van der Waals surface area contributed by atoms with E-state index in [0.29, 0.717) is 29.4 Å². The number of benzene rings is 1. The topological polar surface area (TPSA) is 71.5 Å². The summed E-state index contributed by atoms with van der Waals surface area (Å²) in [5, 5.41) is 0.706. The molecular weight excluding hydrogens is 278 g/mol. The lowest BCUT2D eigenvalue weighted by atomic mass is 10.2. The van der Waals surface area contributed by atoms with Crippen LogP contribution in [-0.4, -0.2) is 17.9 Å². The van der Waals surface area contributed by atoms with E-state index in [1.54, 1.807) is 6.07 Å². The van der Waals surface area contributed by atoms with Crippen LogP contribution in [-0.2, 0) is 13.1 Å². The van der Waals surface area contributed by atoms with Gasteiger partial charge in [0.2, 0.25) is 0 Å². The summed E-state index contributed by atoms with van der Waals surface area (Å²) in [5.41, 5.74) is 3.65. The molecule has 106 valence electrons. The SMILES string of the molecule is CN(Cc1cccc(Cl)c1)Cc1occc1C(=O)NN. The van der Waals surface area contributed by atoms with Crippen LogP contribution in [0, 0.1) is 0 Å². The quantitative estimate of drug-likeness (QED) is 0.503. The van der Waals surface area contributed by atoms with E-state index in [1.165, 1.54) is 6.26 Å². The zero-order valence-corrected chi connectivity index (χ0v) is 11.9. The second-order valence-electron chi connectivity index (χ2n) is 4.53. The van der Waals surface area contributed by atoms with Crippen LogP contribution in [0.5, 0.6) is 0 Å². The molecular formula is C14H16ClN3O2. The molecule has 0 atom stereocenters. The van der Waals surface area contributed by atoms with Gasteiger partial charge < -0.3 is 4.42 Å². The van der Waals surface area contributed by atoms with E-state index >= 15 is 0 Å². The van der Waals surface area contributed by atoms with Crippen LogP contribution in [0.25, 0.3) is 0 Å². The number of nitrogens with one attached hydrogen (secondary N) is 1. The van der Waals surface area contributed by atoms with Gasteiger partial charge in [0.25, 0.3) is 5.91 Å². The van der Waals surface area contributed by atoms with Crippen molar-refractivity contribution in [2.75, 3.05) is 7.05 Å². The normalized spacial score (nSPS) is 10.8. The fourth-order valence-electron chi connectivity index (χ4n) is 1.99. The van der Waals surface area contributed by atoms with Gasteiger partial charge in [-0.2, -0.15) is 0 Å². The number of amides is 1. The fourth-order valence-corrected chi connectivity index (χ4v) is 2.20. The number of carbonyl (C=O) groups is 1. The van der Waals surface area contributed by atoms with Crippen molar-refractivity contribution >= 4 is 17.5 Å². The maximum atomic E-state index is 11.5. The molecule has 0 fully saturated rings. The number of hydrazine groups is 1. The highest BCUT2D eigenvalue weighted by atomic mass is 35.5. The maximum Gasteiger partial charge on any atom is 0.268 e. The van der Waals surface area contributed by atoms with E-state index in [2.05, 4.69) is 5.43 Å². The molecule has 0 saturated carbocycles. The Morgan fingerprint density at radius 3 is 2.90 bits per heavy atom. The van der Waals surface area contributed by atoms with E-state index in [1.807, 2.05) is 36.2 Å². The Balaban J connectivity index is 2.03. The Hall–Kier alpha value is -1.82. The Morgan fingerprint density at radius 1 is 1.40 bits per heavy atom. The molecule has 0 bridgehead atoms. The number of hydrogen-bond acceptors (Lipinski definition) is 4. The van der Waals surface area contributed by atoms with Gasteiger partial charge >= 0.3 is 0 Å². The first-order valence-corrected chi connectivity index (χ1v) is 6.48. The van der Waals surface area contributed by atoms with Gasteiger partial charge in [-0.05, 0) is 30.8 Å².